The zero-order chi connectivity index (χ0) is 25.8. The van der Waals surface area contributed by atoms with Crippen LogP contribution in [-0.4, -0.2) is 26.6 Å². The van der Waals surface area contributed by atoms with E-state index in [9.17, 15) is 19.2 Å². The van der Waals surface area contributed by atoms with E-state index < -0.39 is 11.8 Å². The third-order valence-electron chi connectivity index (χ3n) is 6.06. The Bertz CT molecular complexity index is 1510. The fraction of sp³-hybridized carbons (Fsp3) is 0.107. The molecule has 0 amide bonds. The minimum atomic E-state index is -1.32. The molecule has 3 aromatic carbocycles. The van der Waals surface area contributed by atoms with Gasteiger partial charge in [-0.25, -0.2) is 9.18 Å². The van der Waals surface area contributed by atoms with Crippen LogP contribution in [0.1, 0.15) is 39.4 Å². The van der Waals surface area contributed by atoms with Crippen LogP contribution in [0.2, 0.25) is 5.02 Å². The van der Waals surface area contributed by atoms with Gasteiger partial charge in [0.1, 0.15) is 5.82 Å². The fourth-order valence-corrected chi connectivity index (χ4v) is 4.38. The van der Waals surface area contributed by atoms with E-state index in [4.69, 9.17) is 16.7 Å². The topological polar surface area (TPSA) is 91.9 Å². The Morgan fingerprint density at radius 3 is 2.33 bits per heavy atom. The molecule has 182 valence electrons. The maximum atomic E-state index is 14.2. The highest BCUT2D eigenvalue weighted by Gasteiger charge is 2.21. The molecule has 6 nitrogen and oxygen atoms in total. The van der Waals surface area contributed by atoms with Gasteiger partial charge in [-0.15, -0.1) is 0 Å². The summed E-state index contributed by atoms with van der Waals surface area (Å²) in [4.78, 5) is 22.9. The predicted molar refractivity (Wildman–Crippen MR) is 137 cm³/mol. The quantitative estimate of drug-likeness (QED) is 0.185. The number of hydrogen-bond donors (Lipinski definition) is 2. The number of hydrogen-bond acceptors (Lipinski definition) is 4. The highest BCUT2D eigenvalue weighted by molar-refractivity contribution is 6.31. The summed E-state index contributed by atoms with van der Waals surface area (Å²) in [6, 6.07) is 21.8. The third kappa shape index (κ3) is 5.21. The van der Waals surface area contributed by atoms with E-state index in [1.54, 1.807) is 31.4 Å². The van der Waals surface area contributed by atoms with Crippen molar-refractivity contribution in [1.82, 2.24) is 4.57 Å². The van der Waals surface area contributed by atoms with Gasteiger partial charge in [0.05, 0.1) is 11.3 Å². The molecule has 1 atom stereocenters. The van der Waals surface area contributed by atoms with Crippen molar-refractivity contribution in [3.63, 3.8) is 0 Å². The number of oxime groups is 1. The van der Waals surface area contributed by atoms with E-state index >= 15 is 0 Å². The Hall–Kier alpha value is -4.23. The molecule has 1 aromatic heterocycles. The number of benzene rings is 3. The summed E-state index contributed by atoms with van der Waals surface area (Å²) in [6.07, 6.45) is 1.90. The van der Waals surface area contributed by atoms with E-state index in [1.165, 1.54) is 22.8 Å². The zero-order valence-corrected chi connectivity index (χ0v) is 20.0. The van der Waals surface area contributed by atoms with Crippen LogP contribution in [0.4, 0.5) is 4.39 Å². The molecule has 0 saturated heterocycles. The number of pyridine rings is 1. The Morgan fingerprint density at radius 1 is 1.03 bits per heavy atom. The first-order chi connectivity index (χ1) is 17.3. The average molecular weight is 505 g/mol. The van der Waals surface area contributed by atoms with Crippen LogP contribution in [0.3, 0.4) is 0 Å². The van der Waals surface area contributed by atoms with Gasteiger partial charge in [-0.2, -0.15) is 0 Å². The monoisotopic (exact) mass is 504 g/mol. The number of aromatic nitrogens is 1. The second-order valence-electron chi connectivity index (χ2n) is 8.31. The lowest BCUT2D eigenvalue weighted by molar-refractivity contribution is 0.0692. The number of aryl methyl sites for hydroxylation is 1. The van der Waals surface area contributed by atoms with Gasteiger partial charge in [0.25, 0.3) is 0 Å². The van der Waals surface area contributed by atoms with E-state index in [0.29, 0.717) is 33.8 Å². The lowest BCUT2D eigenvalue weighted by atomic mass is 9.85. The highest BCUT2D eigenvalue weighted by Crippen LogP contribution is 2.35. The molecule has 0 fully saturated rings. The molecule has 0 saturated carbocycles. The second kappa shape index (κ2) is 10.6. The van der Waals surface area contributed by atoms with Crippen LogP contribution in [0, 0.1) is 5.82 Å². The van der Waals surface area contributed by atoms with Crippen LogP contribution in [-0.2, 0) is 7.05 Å². The largest absolute Gasteiger partial charge is 0.478 e. The van der Waals surface area contributed by atoms with Gasteiger partial charge >= 0.3 is 5.97 Å². The first-order valence-corrected chi connectivity index (χ1v) is 11.4. The standard InChI is InChI=1S/C28H22ClFN2O4/c1-32-16-20(11-13-27(32)33)26(31-36)15-23(21-4-2-3-5-24(21)29)18-8-6-17(7-9-18)19-10-12-22(28(34)35)25(30)14-19/h2-14,16,23,36H,15H2,1H3,(H,34,35)/b31-26+. The highest BCUT2D eigenvalue weighted by atomic mass is 35.5. The summed E-state index contributed by atoms with van der Waals surface area (Å²) < 4.78 is 15.6. The first kappa shape index (κ1) is 24.9. The van der Waals surface area contributed by atoms with Crippen LogP contribution in [0.15, 0.2) is 95.0 Å². The first-order valence-electron chi connectivity index (χ1n) is 11.0. The molecular weight excluding hydrogens is 483 g/mol. The van der Waals surface area contributed by atoms with E-state index in [1.807, 2.05) is 42.5 Å². The van der Waals surface area contributed by atoms with Crippen molar-refractivity contribution in [2.45, 2.75) is 12.3 Å². The summed E-state index contributed by atoms with van der Waals surface area (Å²) in [6.45, 7) is 0. The predicted octanol–water partition coefficient (Wildman–Crippen LogP) is 5.94. The van der Waals surface area contributed by atoms with Crippen molar-refractivity contribution in [2.75, 3.05) is 0 Å². The fourth-order valence-electron chi connectivity index (χ4n) is 4.12. The van der Waals surface area contributed by atoms with Gasteiger partial charge in [-0.1, -0.05) is 65.3 Å². The Labute approximate surface area is 211 Å². The summed E-state index contributed by atoms with van der Waals surface area (Å²) in [5.41, 5.74) is 3.37. The number of carboxylic acid groups (broad SMARTS) is 1. The molecule has 1 heterocycles. The molecule has 8 heteroatoms. The minimum Gasteiger partial charge on any atom is -0.478 e. The molecule has 0 aliphatic carbocycles. The Morgan fingerprint density at radius 2 is 1.72 bits per heavy atom. The van der Waals surface area contributed by atoms with Crippen LogP contribution in [0.5, 0.6) is 0 Å². The molecule has 2 N–H and O–H groups in total. The third-order valence-corrected chi connectivity index (χ3v) is 6.41. The molecule has 0 aliphatic rings. The smallest absolute Gasteiger partial charge is 0.338 e. The van der Waals surface area contributed by atoms with Gasteiger partial charge in [-0.3, -0.25) is 4.79 Å². The van der Waals surface area contributed by atoms with Crippen LogP contribution < -0.4 is 5.56 Å². The summed E-state index contributed by atoms with van der Waals surface area (Å²) in [5, 5.41) is 23.0. The lowest BCUT2D eigenvalue weighted by Crippen LogP contribution is -2.18. The molecule has 0 spiro atoms. The minimum absolute atomic E-state index is 0.179. The Kier molecular flexibility index (Phi) is 7.31. The SMILES string of the molecule is Cn1cc(/C(CC(c2ccc(-c3ccc(C(=O)O)c(F)c3)cc2)c2ccccc2Cl)=N/O)ccc1=O. The number of halogens is 2. The van der Waals surface area contributed by atoms with Crippen molar-refractivity contribution < 1.29 is 19.5 Å². The van der Waals surface area contributed by atoms with E-state index in [0.717, 1.165) is 11.1 Å². The number of nitrogens with zero attached hydrogens (tertiary/aromatic N) is 2. The molecule has 0 radical (unpaired) electrons. The van der Waals surface area contributed by atoms with Crippen molar-refractivity contribution >= 4 is 23.3 Å². The summed E-state index contributed by atoms with van der Waals surface area (Å²) >= 11 is 6.54. The maximum absolute atomic E-state index is 14.2. The van der Waals surface area contributed by atoms with E-state index in [-0.39, 0.29) is 17.0 Å². The number of carbonyl (C=O) groups is 1. The molecule has 36 heavy (non-hydrogen) atoms. The van der Waals surface area contributed by atoms with Crippen molar-refractivity contribution in [2.24, 2.45) is 12.2 Å². The number of carboxylic acids is 1. The van der Waals surface area contributed by atoms with Gasteiger partial charge in [0.2, 0.25) is 5.56 Å². The number of aromatic carboxylic acids is 1. The van der Waals surface area contributed by atoms with Crippen LogP contribution in [0.25, 0.3) is 11.1 Å². The van der Waals surface area contributed by atoms with Gasteiger partial charge < -0.3 is 14.9 Å². The van der Waals surface area contributed by atoms with Gasteiger partial charge in [0.15, 0.2) is 0 Å². The van der Waals surface area contributed by atoms with Crippen molar-refractivity contribution in [3.05, 3.63) is 129 Å². The molecule has 0 bridgehead atoms. The normalized spacial score (nSPS) is 12.4. The van der Waals surface area contributed by atoms with Gasteiger partial charge in [-0.05, 0) is 46.5 Å². The Balaban J connectivity index is 1.72. The summed E-state index contributed by atoms with van der Waals surface area (Å²) in [7, 11) is 1.62. The summed E-state index contributed by atoms with van der Waals surface area (Å²) in [5.74, 6) is -2.42. The maximum Gasteiger partial charge on any atom is 0.338 e. The second-order valence-corrected chi connectivity index (χ2v) is 8.72. The molecular formula is C28H22ClFN2O4. The van der Waals surface area contributed by atoms with Crippen LogP contribution >= 0.6 is 11.6 Å². The zero-order valence-electron chi connectivity index (χ0n) is 19.2. The van der Waals surface area contributed by atoms with E-state index in [2.05, 4.69) is 5.16 Å². The molecule has 4 aromatic rings. The molecule has 4 rings (SSSR count). The van der Waals surface area contributed by atoms with Crippen molar-refractivity contribution in [3.8, 4) is 11.1 Å². The average Bonchev–Trinajstić information content (AvgIpc) is 2.87. The van der Waals surface area contributed by atoms with Gasteiger partial charge in [0, 0.05) is 42.2 Å². The number of rotatable bonds is 7. The molecule has 1 unspecified atom stereocenters. The van der Waals surface area contributed by atoms with Crippen molar-refractivity contribution in [1.29, 1.82) is 0 Å². The molecule has 0 aliphatic heterocycles. The lowest BCUT2D eigenvalue weighted by Gasteiger charge is -2.21.